The fourth-order valence-corrected chi connectivity index (χ4v) is 0.910. The summed E-state index contributed by atoms with van der Waals surface area (Å²) in [7, 11) is 1.64. The van der Waals surface area contributed by atoms with Crippen molar-refractivity contribution in [3.05, 3.63) is 28.2 Å². The standard InChI is InChI=1S/C8H8BrO/c1-6-5-7(10-2)3-4-8(6)9/h3-4H,1-2H3. The van der Waals surface area contributed by atoms with Crippen molar-refractivity contribution in [2.45, 2.75) is 6.92 Å². The van der Waals surface area contributed by atoms with E-state index in [0.717, 1.165) is 15.8 Å². The minimum absolute atomic E-state index is 0.778. The summed E-state index contributed by atoms with van der Waals surface area (Å²) in [5.74, 6) is 0.778. The van der Waals surface area contributed by atoms with Gasteiger partial charge in [-0.25, -0.2) is 0 Å². The van der Waals surface area contributed by atoms with E-state index < -0.39 is 0 Å². The average molecular weight is 200 g/mol. The summed E-state index contributed by atoms with van der Waals surface area (Å²) in [5, 5.41) is 0. The van der Waals surface area contributed by atoms with Crippen molar-refractivity contribution in [1.29, 1.82) is 0 Å². The van der Waals surface area contributed by atoms with Gasteiger partial charge in [0, 0.05) is 10.5 Å². The molecule has 0 bridgehead atoms. The highest BCUT2D eigenvalue weighted by Gasteiger charge is 1.95. The number of aryl methyl sites for hydroxylation is 1. The third-order valence-corrected chi connectivity index (χ3v) is 2.13. The Kier molecular flexibility index (Phi) is 2.33. The first-order valence-electron chi connectivity index (χ1n) is 2.96. The molecule has 1 rings (SSSR count). The van der Waals surface area contributed by atoms with Gasteiger partial charge in [-0.3, -0.25) is 0 Å². The lowest BCUT2D eigenvalue weighted by molar-refractivity contribution is 0.413. The van der Waals surface area contributed by atoms with Gasteiger partial charge in [0.05, 0.1) is 7.11 Å². The van der Waals surface area contributed by atoms with E-state index in [9.17, 15) is 0 Å². The van der Waals surface area contributed by atoms with Crippen molar-refractivity contribution < 1.29 is 4.74 Å². The molecule has 0 unspecified atom stereocenters. The van der Waals surface area contributed by atoms with Gasteiger partial charge in [0.25, 0.3) is 0 Å². The normalized spacial score (nSPS) is 9.50. The smallest absolute Gasteiger partial charge is 0.127 e. The number of halogens is 1. The fourth-order valence-electron chi connectivity index (χ4n) is 0.679. The molecule has 0 N–H and O–H groups in total. The van der Waals surface area contributed by atoms with Crippen LogP contribution in [0.2, 0.25) is 0 Å². The van der Waals surface area contributed by atoms with Crippen LogP contribution in [-0.4, -0.2) is 7.11 Å². The second kappa shape index (κ2) is 3.06. The first-order chi connectivity index (χ1) is 4.74. The van der Waals surface area contributed by atoms with E-state index in [1.54, 1.807) is 7.11 Å². The van der Waals surface area contributed by atoms with Crippen LogP contribution in [0.25, 0.3) is 0 Å². The van der Waals surface area contributed by atoms with Gasteiger partial charge in [0.15, 0.2) is 0 Å². The molecule has 0 heterocycles. The molecule has 0 aliphatic heterocycles. The van der Waals surface area contributed by atoms with Crippen LogP contribution in [0.1, 0.15) is 5.56 Å². The summed E-state index contributed by atoms with van der Waals surface area (Å²) < 4.78 is 6.04. The zero-order valence-electron chi connectivity index (χ0n) is 5.94. The molecule has 0 fully saturated rings. The maximum atomic E-state index is 4.97. The zero-order valence-corrected chi connectivity index (χ0v) is 7.53. The largest absolute Gasteiger partial charge is 0.496 e. The van der Waals surface area contributed by atoms with Crippen LogP contribution in [0.5, 0.6) is 5.75 Å². The van der Waals surface area contributed by atoms with Crippen LogP contribution in [0.3, 0.4) is 0 Å². The number of benzene rings is 1. The van der Waals surface area contributed by atoms with Crippen molar-refractivity contribution in [2.24, 2.45) is 0 Å². The molecule has 0 aliphatic carbocycles. The Bertz CT molecular complexity index is 233. The Balaban J connectivity index is 3.04. The van der Waals surface area contributed by atoms with Crippen molar-refractivity contribution in [3.63, 3.8) is 0 Å². The van der Waals surface area contributed by atoms with Gasteiger partial charge in [0.2, 0.25) is 0 Å². The van der Waals surface area contributed by atoms with Crippen molar-refractivity contribution in [2.75, 3.05) is 7.11 Å². The average Bonchev–Trinajstić information content (AvgIpc) is 1.95. The molecule has 1 aromatic rings. The van der Waals surface area contributed by atoms with Crippen LogP contribution in [0, 0.1) is 13.0 Å². The van der Waals surface area contributed by atoms with Gasteiger partial charge >= 0.3 is 0 Å². The molecule has 0 spiro atoms. The maximum Gasteiger partial charge on any atom is 0.127 e. The highest BCUT2D eigenvalue weighted by Crippen LogP contribution is 2.19. The highest BCUT2D eigenvalue weighted by atomic mass is 79.9. The zero-order chi connectivity index (χ0) is 7.56. The summed E-state index contributed by atoms with van der Waals surface area (Å²) in [6.07, 6.45) is 0. The molecule has 0 saturated carbocycles. The van der Waals surface area contributed by atoms with Gasteiger partial charge in [-0.2, -0.15) is 0 Å². The summed E-state index contributed by atoms with van der Waals surface area (Å²) >= 11 is 3.37. The molecule has 0 aromatic heterocycles. The van der Waals surface area contributed by atoms with Gasteiger partial charge in [-0.05, 0) is 24.6 Å². The molecule has 1 radical (unpaired) electrons. The molecule has 10 heavy (non-hydrogen) atoms. The Morgan fingerprint density at radius 1 is 1.50 bits per heavy atom. The quantitative estimate of drug-likeness (QED) is 0.676. The van der Waals surface area contributed by atoms with Gasteiger partial charge in [0.1, 0.15) is 5.75 Å². The topological polar surface area (TPSA) is 9.23 Å². The molecule has 53 valence electrons. The number of methoxy groups -OCH3 is 1. The van der Waals surface area contributed by atoms with E-state index in [1.165, 1.54) is 0 Å². The van der Waals surface area contributed by atoms with E-state index >= 15 is 0 Å². The lowest BCUT2D eigenvalue weighted by Gasteiger charge is -2.00. The van der Waals surface area contributed by atoms with Crippen molar-refractivity contribution in [3.8, 4) is 5.75 Å². The summed E-state index contributed by atoms with van der Waals surface area (Å²) in [5.41, 5.74) is 1.07. The predicted molar refractivity (Wildman–Crippen MR) is 44.3 cm³/mol. The van der Waals surface area contributed by atoms with E-state index in [0.29, 0.717) is 0 Å². The van der Waals surface area contributed by atoms with E-state index in [-0.39, 0.29) is 0 Å². The van der Waals surface area contributed by atoms with E-state index in [4.69, 9.17) is 4.74 Å². The van der Waals surface area contributed by atoms with Crippen LogP contribution < -0.4 is 4.74 Å². The summed E-state index contributed by atoms with van der Waals surface area (Å²) in [4.78, 5) is 0. The Labute approximate surface area is 69.1 Å². The predicted octanol–water partition coefficient (Wildman–Crippen LogP) is 2.57. The molecule has 1 aromatic carbocycles. The molecular formula is C8H8BrO. The van der Waals surface area contributed by atoms with Gasteiger partial charge in [-0.15, -0.1) is 0 Å². The van der Waals surface area contributed by atoms with Crippen LogP contribution >= 0.6 is 15.9 Å². The van der Waals surface area contributed by atoms with Gasteiger partial charge in [-0.1, -0.05) is 15.9 Å². The Morgan fingerprint density at radius 3 is 2.70 bits per heavy atom. The van der Waals surface area contributed by atoms with E-state index in [1.807, 2.05) is 19.1 Å². The number of hydrogen-bond acceptors (Lipinski definition) is 1. The second-order valence-electron chi connectivity index (χ2n) is 2.00. The molecule has 0 amide bonds. The SMILES string of the molecule is COc1[c]c(C)c(Br)cc1. The number of rotatable bonds is 1. The molecule has 0 aliphatic rings. The lowest BCUT2D eigenvalue weighted by Crippen LogP contribution is -1.83. The Hall–Kier alpha value is -0.500. The lowest BCUT2D eigenvalue weighted by atomic mass is 10.2. The van der Waals surface area contributed by atoms with Crippen molar-refractivity contribution in [1.82, 2.24) is 0 Å². The first-order valence-corrected chi connectivity index (χ1v) is 3.76. The van der Waals surface area contributed by atoms with Crippen LogP contribution in [0.15, 0.2) is 16.6 Å². The third kappa shape index (κ3) is 1.51. The van der Waals surface area contributed by atoms with E-state index in [2.05, 4.69) is 22.0 Å². The Morgan fingerprint density at radius 2 is 2.20 bits per heavy atom. The third-order valence-electron chi connectivity index (χ3n) is 1.27. The molecule has 0 saturated heterocycles. The molecular weight excluding hydrogens is 192 g/mol. The number of ether oxygens (including phenoxy) is 1. The molecule has 1 nitrogen and oxygen atoms in total. The van der Waals surface area contributed by atoms with Crippen LogP contribution in [-0.2, 0) is 0 Å². The molecule has 2 heteroatoms. The first kappa shape index (κ1) is 7.61. The number of hydrogen-bond donors (Lipinski definition) is 0. The minimum Gasteiger partial charge on any atom is -0.496 e. The second-order valence-corrected chi connectivity index (χ2v) is 2.85. The summed E-state index contributed by atoms with van der Waals surface area (Å²) in [6, 6.07) is 6.88. The summed E-state index contributed by atoms with van der Waals surface area (Å²) in [6.45, 7) is 1.98. The maximum absolute atomic E-state index is 4.97. The fraction of sp³-hybridized carbons (Fsp3) is 0.250. The monoisotopic (exact) mass is 199 g/mol. The van der Waals surface area contributed by atoms with Crippen LogP contribution in [0.4, 0.5) is 0 Å². The highest BCUT2D eigenvalue weighted by molar-refractivity contribution is 9.10. The minimum atomic E-state index is 0.778. The van der Waals surface area contributed by atoms with Crippen molar-refractivity contribution >= 4 is 15.9 Å². The molecule has 0 atom stereocenters. The van der Waals surface area contributed by atoms with Gasteiger partial charge < -0.3 is 4.74 Å².